The lowest BCUT2D eigenvalue weighted by atomic mass is 9.75. The highest BCUT2D eigenvalue weighted by molar-refractivity contribution is 5.86. The molecule has 1 N–H and O–H groups in total. The smallest absolute Gasteiger partial charge is 0.310 e. The minimum atomic E-state index is -0.689. The number of hydrogen-bond acceptors (Lipinski definition) is 5. The number of non-ortho nitro benzene ring substituents is 1. The first-order valence-corrected chi connectivity index (χ1v) is 10.4. The molecular formula is C24H28N2O5. The number of carbonyl (C=O) groups excluding carboxylic acids is 2. The van der Waals surface area contributed by atoms with Gasteiger partial charge in [0.2, 0.25) is 5.91 Å². The Labute approximate surface area is 182 Å². The van der Waals surface area contributed by atoms with E-state index in [9.17, 15) is 19.7 Å². The molecule has 1 aliphatic rings. The van der Waals surface area contributed by atoms with Gasteiger partial charge in [0, 0.05) is 18.7 Å². The molecule has 0 fully saturated rings. The maximum absolute atomic E-state index is 13.0. The summed E-state index contributed by atoms with van der Waals surface area (Å²) in [5.41, 5.74) is 1.99. The van der Waals surface area contributed by atoms with Gasteiger partial charge in [0.1, 0.15) is 5.60 Å². The second kappa shape index (κ2) is 9.29. The molecule has 0 aliphatic heterocycles. The fourth-order valence-electron chi connectivity index (χ4n) is 3.88. The number of rotatable bonds is 6. The molecule has 2 aromatic rings. The average Bonchev–Trinajstić information content (AvgIpc) is 2.71. The van der Waals surface area contributed by atoms with Crippen molar-refractivity contribution in [3.05, 3.63) is 75.3 Å². The highest BCUT2D eigenvalue weighted by Crippen LogP contribution is 2.34. The van der Waals surface area contributed by atoms with Crippen molar-refractivity contribution in [2.45, 2.75) is 45.6 Å². The summed E-state index contributed by atoms with van der Waals surface area (Å²) in [6.07, 6.45) is 1.27. The molecule has 0 aromatic heterocycles. The number of amides is 1. The first-order chi connectivity index (χ1) is 14.6. The second-order valence-corrected chi connectivity index (χ2v) is 8.89. The molecule has 0 saturated carbocycles. The number of ether oxygens (including phenoxy) is 1. The van der Waals surface area contributed by atoms with Crippen molar-refractivity contribution >= 4 is 17.6 Å². The normalized spacial score (nSPS) is 18.0. The topological polar surface area (TPSA) is 98.5 Å². The number of nitro groups is 1. The van der Waals surface area contributed by atoms with Crippen LogP contribution in [0.4, 0.5) is 5.69 Å². The monoisotopic (exact) mass is 424 g/mol. The molecule has 2 atom stereocenters. The van der Waals surface area contributed by atoms with Gasteiger partial charge in [0.05, 0.1) is 16.8 Å². The molecule has 31 heavy (non-hydrogen) atoms. The van der Waals surface area contributed by atoms with Gasteiger partial charge in [-0.15, -0.1) is 0 Å². The third-order valence-corrected chi connectivity index (χ3v) is 5.37. The largest absolute Gasteiger partial charge is 0.460 e. The van der Waals surface area contributed by atoms with Gasteiger partial charge in [-0.3, -0.25) is 19.7 Å². The van der Waals surface area contributed by atoms with Crippen molar-refractivity contribution < 1.29 is 19.2 Å². The summed E-state index contributed by atoms with van der Waals surface area (Å²) in [7, 11) is 0. The molecule has 1 amide bonds. The van der Waals surface area contributed by atoms with E-state index in [1.54, 1.807) is 26.8 Å². The van der Waals surface area contributed by atoms with Crippen LogP contribution in [0.5, 0.6) is 0 Å². The van der Waals surface area contributed by atoms with E-state index in [1.165, 1.54) is 12.1 Å². The van der Waals surface area contributed by atoms with Crippen LogP contribution in [0.15, 0.2) is 48.5 Å². The fraction of sp³-hybridized carbons (Fsp3) is 0.417. The van der Waals surface area contributed by atoms with Crippen LogP contribution >= 0.6 is 0 Å². The predicted octanol–water partition coefficient (Wildman–Crippen LogP) is 3.63. The minimum absolute atomic E-state index is 0.0209. The number of carbonyl (C=O) groups is 2. The van der Waals surface area contributed by atoms with Crippen molar-refractivity contribution in [3.63, 3.8) is 0 Å². The Bertz CT molecular complexity index is 966. The maximum Gasteiger partial charge on any atom is 0.310 e. The van der Waals surface area contributed by atoms with E-state index < -0.39 is 28.3 Å². The van der Waals surface area contributed by atoms with Gasteiger partial charge in [0.25, 0.3) is 5.69 Å². The van der Waals surface area contributed by atoms with Crippen molar-refractivity contribution in [3.8, 4) is 0 Å². The van der Waals surface area contributed by atoms with Crippen LogP contribution in [-0.4, -0.2) is 28.9 Å². The zero-order valence-electron chi connectivity index (χ0n) is 18.1. The maximum atomic E-state index is 13.0. The van der Waals surface area contributed by atoms with Gasteiger partial charge in [-0.2, -0.15) is 0 Å². The molecule has 164 valence electrons. The Kier molecular flexibility index (Phi) is 6.73. The first kappa shape index (κ1) is 22.5. The summed E-state index contributed by atoms with van der Waals surface area (Å²) in [5, 5.41) is 14.1. The van der Waals surface area contributed by atoms with Crippen molar-refractivity contribution in [2.75, 3.05) is 6.54 Å². The van der Waals surface area contributed by atoms with Crippen LogP contribution in [0.2, 0.25) is 0 Å². The highest BCUT2D eigenvalue weighted by Gasteiger charge is 2.40. The average molecular weight is 424 g/mol. The van der Waals surface area contributed by atoms with E-state index in [2.05, 4.69) is 5.32 Å². The van der Waals surface area contributed by atoms with Gasteiger partial charge in [-0.25, -0.2) is 0 Å². The van der Waals surface area contributed by atoms with Gasteiger partial charge >= 0.3 is 5.97 Å². The van der Waals surface area contributed by atoms with E-state index >= 15 is 0 Å². The summed E-state index contributed by atoms with van der Waals surface area (Å²) in [5.74, 6) is -1.92. The number of nitrogens with zero attached hydrogens (tertiary/aromatic N) is 1. The first-order valence-electron chi connectivity index (χ1n) is 10.4. The summed E-state index contributed by atoms with van der Waals surface area (Å²) < 4.78 is 5.57. The van der Waals surface area contributed by atoms with Gasteiger partial charge < -0.3 is 10.1 Å². The molecule has 3 rings (SSSR count). The SMILES string of the molecule is CC(C)(C)OC(=O)C1Cc2cc([N+](=O)[O-])ccc2CC1C(=O)NCCc1ccccc1. The van der Waals surface area contributed by atoms with Crippen molar-refractivity contribution in [2.24, 2.45) is 11.8 Å². The molecule has 0 saturated heterocycles. The molecule has 0 heterocycles. The zero-order valence-corrected chi connectivity index (χ0v) is 18.1. The van der Waals surface area contributed by atoms with Crippen LogP contribution in [0.25, 0.3) is 0 Å². The minimum Gasteiger partial charge on any atom is -0.460 e. The van der Waals surface area contributed by atoms with E-state index in [-0.39, 0.29) is 18.0 Å². The molecule has 7 heteroatoms. The van der Waals surface area contributed by atoms with Gasteiger partial charge in [0.15, 0.2) is 0 Å². The van der Waals surface area contributed by atoms with Crippen LogP contribution in [0.3, 0.4) is 0 Å². The molecule has 0 radical (unpaired) electrons. The van der Waals surface area contributed by atoms with Crippen LogP contribution < -0.4 is 5.32 Å². The summed E-state index contributed by atoms with van der Waals surface area (Å²) in [4.78, 5) is 36.6. The molecule has 1 aliphatic carbocycles. The standard InChI is InChI=1S/C24H28N2O5/c1-24(2,3)31-23(28)21-15-18-13-19(26(29)30)10-9-17(18)14-20(21)22(27)25-12-11-16-7-5-4-6-8-16/h4-10,13,20-21H,11-12,14-15H2,1-3H3,(H,25,27). The Hall–Kier alpha value is -3.22. The lowest BCUT2D eigenvalue weighted by Crippen LogP contribution is -2.44. The predicted molar refractivity (Wildman–Crippen MR) is 116 cm³/mol. The van der Waals surface area contributed by atoms with E-state index in [4.69, 9.17) is 4.74 Å². The van der Waals surface area contributed by atoms with Crippen molar-refractivity contribution in [1.29, 1.82) is 0 Å². The van der Waals surface area contributed by atoms with E-state index in [1.807, 2.05) is 30.3 Å². The molecule has 0 spiro atoms. The summed E-state index contributed by atoms with van der Waals surface area (Å²) in [6.45, 7) is 5.80. The lowest BCUT2D eigenvalue weighted by Gasteiger charge is -2.32. The highest BCUT2D eigenvalue weighted by atomic mass is 16.6. The van der Waals surface area contributed by atoms with Crippen molar-refractivity contribution in [1.82, 2.24) is 5.32 Å². The Morgan fingerprint density at radius 1 is 1.06 bits per heavy atom. The molecular weight excluding hydrogens is 396 g/mol. The van der Waals surface area contributed by atoms with Crippen LogP contribution in [0, 0.1) is 22.0 Å². The number of benzene rings is 2. The van der Waals surface area contributed by atoms with E-state index in [0.29, 0.717) is 19.4 Å². The van der Waals surface area contributed by atoms with E-state index in [0.717, 1.165) is 16.7 Å². The molecule has 7 nitrogen and oxygen atoms in total. The van der Waals surface area contributed by atoms with Gasteiger partial charge in [-0.05, 0) is 56.7 Å². The Morgan fingerprint density at radius 2 is 1.74 bits per heavy atom. The Morgan fingerprint density at radius 3 is 2.39 bits per heavy atom. The second-order valence-electron chi connectivity index (χ2n) is 8.89. The molecule has 2 unspecified atom stereocenters. The Balaban J connectivity index is 1.78. The van der Waals surface area contributed by atoms with Crippen LogP contribution in [-0.2, 0) is 33.6 Å². The van der Waals surface area contributed by atoms with Gasteiger partial charge in [-0.1, -0.05) is 36.4 Å². The lowest BCUT2D eigenvalue weighted by molar-refractivity contribution is -0.384. The fourth-order valence-corrected chi connectivity index (χ4v) is 3.88. The zero-order chi connectivity index (χ0) is 22.6. The number of hydrogen-bond donors (Lipinski definition) is 1. The summed E-state index contributed by atoms with van der Waals surface area (Å²) >= 11 is 0. The molecule has 2 aromatic carbocycles. The summed E-state index contributed by atoms with van der Waals surface area (Å²) in [6, 6.07) is 14.5. The number of fused-ring (bicyclic) bond motifs is 1. The third-order valence-electron chi connectivity index (χ3n) is 5.37. The molecule has 0 bridgehead atoms. The number of nitro benzene ring substituents is 1. The number of esters is 1. The third kappa shape index (κ3) is 5.90. The quantitative estimate of drug-likeness (QED) is 0.434. The van der Waals surface area contributed by atoms with Crippen LogP contribution in [0.1, 0.15) is 37.5 Å². The number of nitrogens with one attached hydrogen (secondary N) is 1.